The van der Waals surface area contributed by atoms with Crippen LogP contribution in [0.1, 0.15) is 30.8 Å². The van der Waals surface area contributed by atoms with Gasteiger partial charge in [-0.05, 0) is 27.7 Å². The maximum Gasteiger partial charge on any atom is 0.414 e. The van der Waals surface area contributed by atoms with E-state index in [1.165, 1.54) is 0 Å². The van der Waals surface area contributed by atoms with E-state index in [1.54, 1.807) is 0 Å². The van der Waals surface area contributed by atoms with E-state index in [1.807, 2.05) is 39.4 Å². The highest BCUT2D eigenvalue weighted by atomic mass is 16.4. The second-order valence-corrected chi connectivity index (χ2v) is 4.50. The summed E-state index contributed by atoms with van der Waals surface area (Å²) in [6.45, 7) is 8.05. The number of aryl methyl sites for hydroxylation is 2. The van der Waals surface area contributed by atoms with E-state index in [0.717, 1.165) is 17.0 Å². The van der Waals surface area contributed by atoms with Crippen molar-refractivity contribution < 1.29 is 19.8 Å². The van der Waals surface area contributed by atoms with Crippen LogP contribution in [0.15, 0.2) is 0 Å². The van der Waals surface area contributed by atoms with Crippen molar-refractivity contribution in [3.8, 4) is 0 Å². The van der Waals surface area contributed by atoms with Gasteiger partial charge >= 0.3 is 11.9 Å². The third-order valence-corrected chi connectivity index (χ3v) is 2.34. The third-order valence-electron chi connectivity index (χ3n) is 2.34. The molecule has 7 heteroatoms. The molecule has 0 amide bonds. The molecular weight excluding hydrogens is 238 g/mol. The summed E-state index contributed by atoms with van der Waals surface area (Å²) in [6, 6.07) is 0. The molecule has 0 fully saturated rings. The van der Waals surface area contributed by atoms with Crippen molar-refractivity contribution in [2.45, 2.75) is 33.2 Å². The van der Waals surface area contributed by atoms with Crippen LogP contribution in [0.4, 0.5) is 0 Å². The topological polar surface area (TPSA) is 118 Å². The molecular formula is C11H19N3O4. The molecule has 4 N–H and O–H groups in total. The lowest BCUT2D eigenvalue weighted by molar-refractivity contribution is -0.159. The van der Waals surface area contributed by atoms with Crippen molar-refractivity contribution >= 4 is 11.9 Å². The second kappa shape index (κ2) is 5.63. The van der Waals surface area contributed by atoms with Gasteiger partial charge in [-0.2, -0.15) is 5.10 Å². The zero-order chi connectivity index (χ0) is 14.7. The average Bonchev–Trinajstić information content (AvgIpc) is 2.40. The summed E-state index contributed by atoms with van der Waals surface area (Å²) in [6.07, 6.45) is 0. The predicted molar refractivity (Wildman–Crippen MR) is 65.2 cm³/mol. The first-order valence-corrected chi connectivity index (χ1v) is 5.24. The van der Waals surface area contributed by atoms with Crippen molar-refractivity contribution in [3.05, 3.63) is 17.0 Å². The molecule has 1 aromatic heterocycles. The van der Waals surface area contributed by atoms with E-state index in [2.05, 4.69) is 5.10 Å². The van der Waals surface area contributed by atoms with Crippen molar-refractivity contribution in [1.82, 2.24) is 9.78 Å². The van der Waals surface area contributed by atoms with Crippen LogP contribution in [0.3, 0.4) is 0 Å². The van der Waals surface area contributed by atoms with Crippen LogP contribution >= 0.6 is 0 Å². The Morgan fingerprint density at radius 3 is 1.72 bits per heavy atom. The van der Waals surface area contributed by atoms with E-state index < -0.39 is 11.9 Å². The van der Waals surface area contributed by atoms with Crippen molar-refractivity contribution in [1.29, 1.82) is 0 Å². The summed E-state index contributed by atoms with van der Waals surface area (Å²) in [5.41, 5.74) is 9.07. The molecule has 0 aromatic carbocycles. The van der Waals surface area contributed by atoms with Gasteiger partial charge in [0, 0.05) is 23.8 Å². The van der Waals surface area contributed by atoms with Gasteiger partial charge in [-0.1, -0.05) is 0 Å². The highest BCUT2D eigenvalue weighted by Gasteiger charge is 2.22. The van der Waals surface area contributed by atoms with Gasteiger partial charge in [0.05, 0.1) is 5.69 Å². The summed E-state index contributed by atoms with van der Waals surface area (Å²) in [5, 5.41) is 19.1. The van der Waals surface area contributed by atoms with Crippen molar-refractivity contribution in [2.75, 3.05) is 0 Å². The van der Waals surface area contributed by atoms with Crippen LogP contribution in [0.2, 0.25) is 0 Å². The molecule has 0 aliphatic carbocycles. The minimum atomic E-state index is -1.82. The van der Waals surface area contributed by atoms with E-state index >= 15 is 0 Å². The molecule has 0 aliphatic heterocycles. The summed E-state index contributed by atoms with van der Waals surface area (Å²) >= 11 is 0. The minimum Gasteiger partial charge on any atom is -0.473 e. The van der Waals surface area contributed by atoms with Crippen molar-refractivity contribution in [3.63, 3.8) is 0 Å². The van der Waals surface area contributed by atoms with Gasteiger partial charge in [0.15, 0.2) is 0 Å². The van der Waals surface area contributed by atoms with Crippen molar-refractivity contribution in [2.24, 2.45) is 12.8 Å². The SMILES string of the molecule is Cc1nn(C)c(C)c1C(C)(C)N.O=C(O)C(=O)O. The number of nitrogens with zero attached hydrogens (tertiary/aromatic N) is 2. The largest absolute Gasteiger partial charge is 0.473 e. The Hall–Kier alpha value is -1.89. The summed E-state index contributed by atoms with van der Waals surface area (Å²) in [5.74, 6) is -3.65. The van der Waals surface area contributed by atoms with Gasteiger partial charge in [-0.25, -0.2) is 9.59 Å². The monoisotopic (exact) mass is 257 g/mol. The standard InChI is InChI=1S/C9H17N3.C2H2O4/c1-6-8(9(3,4)10)7(2)12(5)11-6;3-1(4)2(5)6/h10H2,1-5H3;(H,3,4)(H,5,6). The number of carboxylic acids is 2. The lowest BCUT2D eigenvalue weighted by Crippen LogP contribution is -2.30. The molecule has 0 bridgehead atoms. The molecule has 1 heterocycles. The number of rotatable bonds is 1. The molecule has 7 nitrogen and oxygen atoms in total. The molecule has 0 atom stereocenters. The molecule has 1 rings (SSSR count). The number of aromatic nitrogens is 2. The highest BCUT2D eigenvalue weighted by molar-refractivity contribution is 6.27. The minimum absolute atomic E-state index is 0.289. The molecule has 0 unspecified atom stereocenters. The predicted octanol–water partition coefficient (Wildman–Crippen LogP) is 0.386. The van der Waals surface area contributed by atoms with E-state index in [0.29, 0.717) is 0 Å². The Bertz CT molecular complexity index is 446. The van der Waals surface area contributed by atoms with Gasteiger partial charge in [-0.15, -0.1) is 0 Å². The summed E-state index contributed by atoms with van der Waals surface area (Å²) < 4.78 is 1.87. The summed E-state index contributed by atoms with van der Waals surface area (Å²) in [4.78, 5) is 18.2. The maximum absolute atomic E-state index is 9.10. The molecule has 102 valence electrons. The molecule has 0 aliphatic rings. The van der Waals surface area contributed by atoms with Crippen LogP contribution in [-0.2, 0) is 22.2 Å². The van der Waals surface area contributed by atoms with Gasteiger partial charge < -0.3 is 15.9 Å². The number of nitrogens with two attached hydrogens (primary N) is 1. The van der Waals surface area contributed by atoms with Crippen LogP contribution < -0.4 is 5.73 Å². The Morgan fingerprint density at radius 1 is 1.22 bits per heavy atom. The Labute approximate surface area is 105 Å². The molecule has 0 saturated carbocycles. The van der Waals surface area contributed by atoms with Gasteiger partial charge in [-0.3, -0.25) is 4.68 Å². The highest BCUT2D eigenvalue weighted by Crippen LogP contribution is 2.23. The zero-order valence-corrected chi connectivity index (χ0v) is 11.2. The molecule has 0 saturated heterocycles. The van der Waals surface area contributed by atoms with E-state index in [9.17, 15) is 0 Å². The smallest absolute Gasteiger partial charge is 0.414 e. The lowest BCUT2D eigenvalue weighted by Gasteiger charge is -2.19. The third kappa shape index (κ3) is 4.17. The molecule has 0 radical (unpaired) electrons. The van der Waals surface area contributed by atoms with Crippen LogP contribution in [0, 0.1) is 13.8 Å². The fraction of sp³-hybridized carbons (Fsp3) is 0.545. The number of hydrogen-bond acceptors (Lipinski definition) is 4. The number of aliphatic carboxylic acids is 2. The number of carbonyl (C=O) groups is 2. The van der Waals surface area contributed by atoms with Crippen LogP contribution in [0.25, 0.3) is 0 Å². The fourth-order valence-electron chi connectivity index (χ4n) is 1.71. The first-order valence-electron chi connectivity index (χ1n) is 5.24. The average molecular weight is 257 g/mol. The van der Waals surface area contributed by atoms with Crippen LogP contribution in [-0.4, -0.2) is 31.9 Å². The molecule has 1 aromatic rings. The molecule has 18 heavy (non-hydrogen) atoms. The van der Waals surface area contributed by atoms with Gasteiger partial charge in [0.1, 0.15) is 0 Å². The quantitative estimate of drug-likeness (QED) is 0.626. The molecule has 0 spiro atoms. The number of carboxylic acid groups (broad SMARTS) is 2. The number of hydrogen-bond donors (Lipinski definition) is 3. The Balaban J connectivity index is 0.000000411. The first-order chi connectivity index (χ1) is 7.98. The van der Waals surface area contributed by atoms with Gasteiger partial charge in [0.2, 0.25) is 0 Å². The van der Waals surface area contributed by atoms with Crippen LogP contribution in [0.5, 0.6) is 0 Å². The normalized spacial score (nSPS) is 10.6. The summed E-state index contributed by atoms with van der Waals surface area (Å²) in [7, 11) is 1.94. The van der Waals surface area contributed by atoms with Gasteiger partial charge in [0.25, 0.3) is 0 Å². The lowest BCUT2D eigenvalue weighted by atomic mass is 9.94. The second-order valence-electron chi connectivity index (χ2n) is 4.50. The maximum atomic E-state index is 9.10. The fourth-order valence-corrected chi connectivity index (χ4v) is 1.71. The van der Waals surface area contributed by atoms with E-state index in [-0.39, 0.29) is 5.54 Å². The van der Waals surface area contributed by atoms with E-state index in [4.69, 9.17) is 25.5 Å². The zero-order valence-electron chi connectivity index (χ0n) is 11.2. The first kappa shape index (κ1) is 16.1. The Morgan fingerprint density at radius 2 is 1.61 bits per heavy atom. The Kier molecular flexibility index (Phi) is 5.04.